The van der Waals surface area contributed by atoms with E-state index in [1.807, 2.05) is 0 Å². The number of carbonyl (C=O) groups is 2. The zero-order valence-electron chi connectivity index (χ0n) is 8.55. The van der Waals surface area contributed by atoms with Gasteiger partial charge in [0.2, 0.25) is 0 Å². The van der Waals surface area contributed by atoms with Crippen LogP contribution in [0.4, 0.5) is 0 Å². The van der Waals surface area contributed by atoms with Crippen LogP contribution in [0.3, 0.4) is 0 Å². The molecule has 0 bridgehead atoms. The summed E-state index contributed by atoms with van der Waals surface area (Å²) in [7, 11) is 0. The third kappa shape index (κ3) is 3.67. The number of esters is 2. The van der Waals surface area contributed by atoms with Gasteiger partial charge in [-0.2, -0.15) is 0 Å². The van der Waals surface area contributed by atoms with Gasteiger partial charge in [0.15, 0.2) is 0 Å². The summed E-state index contributed by atoms with van der Waals surface area (Å²) in [5.41, 5.74) is 0. The first kappa shape index (κ1) is 12.9. The SMILES string of the molecule is CCOC(=O)[C](C)([Na])C(=O)OCC. The summed E-state index contributed by atoms with van der Waals surface area (Å²) < 4.78 is 8.47. The fourth-order valence-electron chi connectivity index (χ4n) is 0.706. The maximum absolute atomic E-state index is 11.3. The van der Waals surface area contributed by atoms with E-state index in [0.29, 0.717) is 27.9 Å². The Kier molecular flexibility index (Phi) is 5.60. The van der Waals surface area contributed by atoms with Crippen LogP contribution < -0.4 is 0 Å². The molecule has 0 aromatic heterocycles. The molecular weight excluding hydrogens is 183 g/mol. The van der Waals surface area contributed by atoms with Gasteiger partial charge in [0.25, 0.3) is 0 Å². The second kappa shape index (κ2) is 5.62. The fourth-order valence-corrected chi connectivity index (χ4v) is 0.995. The summed E-state index contributed by atoms with van der Waals surface area (Å²) in [4.78, 5) is 22.6. The van der Waals surface area contributed by atoms with Crippen molar-refractivity contribution in [3.63, 3.8) is 0 Å². The number of rotatable bonds is 4. The number of carbonyl (C=O) groups excluding carboxylic acids is 2. The zero-order chi connectivity index (χ0) is 10.5. The van der Waals surface area contributed by atoms with Crippen molar-refractivity contribution >= 4 is 39.9 Å². The van der Waals surface area contributed by atoms with Gasteiger partial charge < -0.3 is 0 Å². The molecule has 0 amide bonds. The second-order valence-electron chi connectivity index (χ2n) is 3.07. The number of hydrogen-bond acceptors (Lipinski definition) is 4. The molecule has 0 aliphatic carbocycles. The molecule has 5 heteroatoms. The third-order valence-electron chi connectivity index (χ3n) is 1.57. The fraction of sp³-hybridized carbons (Fsp3) is 0.750. The molecule has 0 unspecified atom stereocenters. The van der Waals surface area contributed by atoms with Crippen molar-refractivity contribution in [1.82, 2.24) is 0 Å². The molecule has 13 heavy (non-hydrogen) atoms. The Labute approximate surface area is 95.4 Å². The van der Waals surface area contributed by atoms with E-state index in [1.165, 1.54) is 0 Å². The van der Waals surface area contributed by atoms with E-state index in [0.717, 1.165) is 0 Å². The van der Waals surface area contributed by atoms with Crippen LogP contribution in [0.5, 0.6) is 0 Å². The van der Waals surface area contributed by atoms with Gasteiger partial charge in [-0.05, 0) is 0 Å². The summed E-state index contributed by atoms with van der Waals surface area (Å²) in [6.45, 7) is 5.54. The number of ether oxygens (including phenoxy) is 2. The van der Waals surface area contributed by atoms with Crippen LogP contribution in [-0.4, -0.2) is 53.1 Å². The van der Waals surface area contributed by atoms with E-state index in [-0.39, 0.29) is 13.2 Å². The Bertz CT molecular complexity index is 180. The molecule has 0 aliphatic rings. The molecular formula is C8H13NaO4. The first-order chi connectivity index (χ1) is 5.96. The first-order valence-corrected chi connectivity index (χ1v) is 5.31. The average molecular weight is 196 g/mol. The number of hydrogen-bond donors (Lipinski definition) is 0. The molecule has 0 radical (unpaired) electrons. The predicted octanol–water partition coefficient (Wildman–Crippen LogP) is 0.460. The first-order valence-electron chi connectivity index (χ1n) is 4.31. The minimum absolute atomic E-state index is 0.288. The van der Waals surface area contributed by atoms with Crippen molar-refractivity contribution in [3.8, 4) is 0 Å². The van der Waals surface area contributed by atoms with E-state index < -0.39 is 14.6 Å². The Morgan fingerprint density at radius 3 is 1.69 bits per heavy atom. The van der Waals surface area contributed by atoms with Gasteiger partial charge in [0, 0.05) is 0 Å². The topological polar surface area (TPSA) is 52.6 Å². The molecule has 0 spiro atoms. The van der Waals surface area contributed by atoms with E-state index in [9.17, 15) is 9.59 Å². The molecule has 0 atom stereocenters. The molecule has 0 fully saturated rings. The van der Waals surface area contributed by atoms with Crippen LogP contribution in [0.2, 0.25) is 2.66 Å². The molecule has 0 rings (SSSR count). The zero-order valence-corrected chi connectivity index (χ0v) is 10.5. The summed E-state index contributed by atoms with van der Waals surface area (Å²) in [6, 6.07) is 0. The molecule has 0 saturated carbocycles. The van der Waals surface area contributed by atoms with Crippen molar-refractivity contribution in [2.75, 3.05) is 13.2 Å². The Morgan fingerprint density at radius 1 is 1.15 bits per heavy atom. The van der Waals surface area contributed by atoms with Crippen molar-refractivity contribution in [3.05, 3.63) is 0 Å². The van der Waals surface area contributed by atoms with Crippen molar-refractivity contribution in [1.29, 1.82) is 0 Å². The standard InChI is InChI=1S/C8H13O4.Na/c1-4-11-7(9)6(3)8(10)12-5-2;/h4-5H2,1-3H3;. The van der Waals surface area contributed by atoms with Crippen LogP contribution in [-0.2, 0) is 19.1 Å². The normalized spacial score (nSPS) is 10.8. The summed E-state index contributed by atoms with van der Waals surface area (Å²) in [6.07, 6.45) is 0. The molecule has 0 aromatic carbocycles. The van der Waals surface area contributed by atoms with Crippen LogP contribution in [0, 0.1) is 0 Å². The van der Waals surface area contributed by atoms with Crippen molar-refractivity contribution < 1.29 is 19.1 Å². The van der Waals surface area contributed by atoms with Crippen molar-refractivity contribution in [2.24, 2.45) is 0 Å². The van der Waals surface area contributed by atoms with Gasteiger partial charge >= 0.3 is 95.6 Å². The maximum atomic E-state index is 11.3. The second-order valence-corrected chi connectivity index (χ2v) is 5.07. The van der Waals surface area contributed by atoms with E-state index in [1.54, 1.807) is 20.8 Å². The predicted molar refractivity (Wildman–Crippen MR) is 47.4 cm³/mol. The Balaban J connectivity index is 4.36. The van der Waals surface area contributed by atoms with E-state index >= 15 is 0 Å². The molecule has 4 nitrogen and oxygen atoms in total. The van der Waals surface area contributed by atoms with Crippen LogP contribution >= 0.6 is 0 Å². The summed E-state index contributed by atoms with van der Waals surface area (Å²) in [5, 5.41) is 0. The van der Waals surface area contributed by atoms with Gasteiger partial charge in [-0.25, -0.2) is 0 Å². The molecule has 70 valence electrons. The van der Waals surface area contributed by atoms with E-state index in [4.69, 9.17) is 9.47 Å². The van der Waals surface area contributed by atoms with Gasteiger partial charge in [-0.15, -0.1) is 0 Å². The monoisotopic (exact) mass is 196 g/mol. The van der Waals surface area contributed by atoms with Gasteiger partial charge in [-0.1, -0.05) is 0 Å². The quantitative estimate of drug-likeness (QED) is 0.372. The molecule has 0 saturated heterocycles. The molecule has 0 N–H and O–H groups in total. The molecule has 0 aliphatic heterocycles. The Hall–Kier alpha value is -0.0600. The third-order valence-corrected chi connectivity index (χ3v) is 2.39. The van der Waals surface area contributed by atoms with Gasteiger partial charge in [-0.3, -0.25) is 0 Å². The summed E-state index contributed by atoms with van der Waals surface area (Å²) >= 11 is 0.395. The minimum atomic E-state index is -1.06. The average Bonchev–Trinajstić information content (AvgIpc) is 2.05. The summed E-state index contributed by atoms with van der Waals surface area (Å²) in [5.74, 6) is -0.972. The molecule has 0 aromatic rings. The van der Waals surface area contributed by atoms with E-state index in [2.05, 4.69) is 0 Å². The van der Waals surface area contributed by atoms with Crippen LogP contribution in [0.25, 0.3) is 0 Å². The van der Waals surface area contributed by atoms with Gasteiger partial charge in [0.1, 0.15) is 0 Å². The van der Waals surface area contributed by atoms with Crippen molar-refractivity contribution in [2.45, 2.75) is 23.4 Å². The molecule has 0 heterocycles. The Morgan fingerprint density at radius 2 is 1.46 bits per heavy atom. The van der Waals surface area contributed by atoms with Crippen LogP contribution in [0.15, 0.2) is 0 Å². The van der Waals surface area contributed by atoms with Gasteiger partial charge in [0.05, 0.1) is 0 Å². The van der Waals surface area contributed by atoms with Crippen LogP contribution in [0.1, 0.15) is 20.8 Å².